The molecule has 1 heterocycles. The van der Waals surface area contributed by atoms with Crippen LogP contribution in [0.4, 0.5) is 0 Å². The molecule has 1 fully saturated rings. The molecule has 5 heteroatoms. The second-order valence-corrected chi connectivity index (χ2v) is 6.74. The van der Waals surface area contributed by atoms with Gasteiger partial charge < -0.3 is 18.9 Å². The van der Waals surface area contributed by atoms with Crippen molar-refractivity contribution in [3.8, 4) is 0 Å². The van der Waals surface area contributed by atoms with Gasteiger partial charge in [0.1, 0.15) is 12.2 Å². The number of hydrogen-bond acceptors (Lipinski definition) is 5. The summed E-state index contributed by atoms with van der Waals surface area (Å²) in [7, 11) is 1.35. The van der Waals surface area contributed by atoms with E-state index in [-0.39, 0.29) is 13.0 Å². The Balaban J connectivity index is 1.79. The molecule has 1 aliphatic heterocycles. The Hall–Kier alpha value is -2.47. The molecule has 2 aromatic rings. The highest BCUT2D eigenvalue weighted by atomic mass is 16.6. The van der Waals surface area contributed by atoms with Gasteiger partial charge in [-0.25, -0.2) is 4.79 Å². The minimum atomic E-state index is -1.26. The lowest BCUT2D eigenvalue weighted by atomic mass is 9.91. The monoisotopic (exact) mass is 382 g/mol. The van der Waals surface area contributed by atoms with Crippen LogP contribution in [0.15, 0.2) is 73.3 Å². The molecule has 0 N–H and O–H groups in total. The van der Waals surface area contributed by atoms with Gasteiger partial charge in [0.15, 0.2) is 5.60 Å². The van der Waals surface area contributed by atoms with Crippen LogP contribution in [0.25, 0.3) is 0 Å². The van der Waals surface area contributed by atoms with Crippen LogP contribution in [0.5, 0.6) is 0 Å². The zero-order chi connectivity index (χ0) is 19.8. The van der Waals surface area contributed by atoms with Gasteiger partial charge in [-0.2, -0.15) is 0 Å². The first-order valence-corrected chi connectivity index (χ1v) is 9.34. The summed E-state index contributed by atoms with van der Waals surface area (Å²) >= 11 is 0. The third-order valence-corrected chi connectivity index (χ3v) is 4.86. The molecular weight excluding hydrogens is 356 g/mol. The average molecular weight is 382 g/mol. The van der Waals surface area contributed by atoms with Gasteiger partial charge in [0.25, 0.3) is 0 Å². The zero-order valence-corrected chi connectivity index (χ0v) is 16.1. The third kappa shape index (κ3) is 4.50. The predicted octanol–water partition coefficient (Wildman–Crippen LogP) is 3.68. The predicted molar refractivity (Wildman–Crippen MR) is 106 cm³/mol. The lowest BCUT2D eigenvalue weighted by molar-refractivity contribution is -0.179. The van der Waals surface area contributed by atoms with Crippen LogP contribution in [-0.2, 0) is 37.0 Å². The van der Waals surface area contributed by atoms with E-state index in [1.54, 1.807) is 6.08 Å². The van der Waals surface area contributed by atoms with Crippen molar-refractivity contribution in [3.63, 3.8) is 0 Å². The van der Waals surface area contributed by atoms with Crippen molar-refractivity contribution in [2.24, 2.45) is 0 Å². The largest absolute Gasteiger partial charge is 0.467 e. The van der Waals surface area contributed by atoms with Gasteiger partial charge in [-0.3, -0.25) is 0 Å². The van der Waals surface area contributed by atoms with Gasteiger partial charge in [-0.15, -0.1) is 6.58 Å². The molecule has 0 radical (unpaired) electrons. The number of methoxy groups -OCH3 is 1. The first-order chi connectivity index (χ1) is 13.7. The van der Waals surface area contributed by atoms with Gasteiger partial charge in [-0.05, 0) is 11.1 Å². The van der Waals surface area contributed by atoms with E-state index in [1.807, 2.05) is 60.7 Å². The van der Waals surface area contributed by atoms with Crippen LogP contribution in [0, 0.1) is 0 Å². The highest BCUT2D eigenvalue weighted by Gasteiger charge is 2.57. The molecule has 0 aromatic heterocycles. The molecule has 0 bridgehead atoms. The first-order valence-electron chi connectivity index (χ1n) is 9.34. The molecule has 1 saturated heterocycles. The summed E-state index contributed by atoms with van der Waals surface area (Å²) in [4.78, 5) is 12.6. The molecule has 0 spiro atoms. The Kier molecular flexibility index (Phi) is 6.98. The Morgan fingerprint density at radius 2 is 1.64 bits per heavy atom. The molecule has 3 rings (SSSR count). The van der Waals surface area contributed by atoms with Gasteiger partial charge in [-0.1, -0.05) is 66.7 Å². The van der Waals surface area contributed by atoms with Crippen LogP contribution < -0.4 is 0 Å². The van der Waals surface area contributed by atoms with Crippen LogP contribution in [0.3, 0.4) is 0 Å². The van der Waals surface area contributed by atoms with Crippen molar-refractivity contribution < 1.29 is 23.7 Å². The molecule has 5 nitrogen and oxygen atoms in total. The Morgan fingerprint density at radius 3 is 2.18 bits per heavy atom. The van der Waals surface area contributed by atoms with E-state index in [1.165, 1.54) is 7.11 Å². The number of ether oxygens (including phenoxy) is 4. The summed E-state index contributed by atoms with van der Waals surface area (Å²) in [6, 6.07) is 19.7. The van der Waals surface area contributed by atoms with Crippen LogP contribution in [0.2, 0.25) is 0 Å². The van der Waals surface area contributed by atoms with E-state index < -0.39 is 23.8 Å². The van der Waals surface area contributed by atoms with E-state index in [4.69, 9.17) is 18.9 Å². The van der Waals surface area contributed by atoms with Crippen molar-refractivity contribution >= 4 is 5.97 Å². The van der Waals surface area contributed by atoms with E-state index in [0.29, 0.717) is 13.2 Å². The maximum atomic E-state index is 12.6. The number of carbonyl (C=O) groups excluding carboxylic acids is 1. The summed E-state index contributed by atoms with van der Waals surface area (Å²) in [6.07, 6.45) is 0.921. The van der Waals surface area contributed by atoms with Crippen molar-refractivity contribution in [2.75, 3.05) is 13.7 Å². The molecule has 2 aromatic carbocycles. The lowest BCUT2D eigenvalue weighted by Gasteiger charge is -2.32. The third-order valence-electron chi connectivity index (χ3n) is 4.86. The molecule has 148 valence electrons. The van der Waals surface area contributed by atoms with Crippen molar-refractivity contribution in [2.45, 2.75) is 37.4 Å². The molecular formula is C23H26O5. The Morgan fingerprint density at radius 1 is 1.07 bits per heavy atom. The normalized spacial score (nSPS) is 24.0. The minimum absolute atomic E-state index is 0.245. The fourth-order valence-electron chi connectivity index (χ4n) is 3.44. The van der Waals surface area contributed by atoms with E-state index in [0.717, 1.165) is 11.1 Å². The number of carbonyl (C=O) groups is 1. The average Bonchev–Trinajstić information content (AvgIpc) is 3.10. The first kappa shape index (κ1) is 20.3. The van der Waals surface area contributed by atoms with E-state index >= 15 is 0 Å². The second kappa shape index (κ2) is 9.64. The number of rotatable bonds is 9. The Bertz CT molecular complexity index is 761. The molecule has 0 aliphatic carbocycles. The van der Waals surface area contributed by atoms with Crippen LogP contribution >= 0.6 is 0 Å². The number of benzene rings is 2. The summed E-state index contributed by atoms with van der Waals surface area (Å²) < 4.78 is 23.3. The zero-order valence-electron chi connectivity index (χ0n) is 16.1. The molecule has 0 saturated carbocycles. The summed E-state index contributed by atoms with van der Waals surface area (Å²) in [5, 5.41) is 0. The minimum Gasteiger partial charge on any atom is -0.467 e. The highest BCUT2D eigenvalue weighted by molar-refractivity contribution is 5.81. The van der Waals surface area contributed by atoms with E-state index in [9.17, 15) is 4.79 Å². The topological polar surface area (TPSA) is 54.0 Å². The van der Waals surface area contributed by atoms with Crippen molar-refractivity contribution in [3.05, 3.63) is 84.4 Å². The molecule has 1 aliphatic rings. The van der Waals surface area contributed by atoms with Crippen LogP contribution in [0.1, 0.15) is 17.5 Å². The van der Waals surface area contributed by atoms with Gasteiger partial charge in [0, 0.05) is 6.42 Å². The lowest BCUT2D eigenvalue weighted by Crippen LogP contribution is -2.52. The fraction of sp³-hybridized carbons (Fsp3) is 0.348. The number of hydrogen-bond donors (Lipinski definition) is 0. The molecule has 0 amide bonds. The van der Waals surface area contributed by atoms with Crippen molar-refractivity contribution in [1.29, 1.82) is 0 Å². The maximum Gasteiger partial charge on any atom is 0.341 e. The summed E-state index contributed by atoms with van der Waals surface area (Å²) in [5.74, 6) is -0.476. The molecule has 3 atom stereocenters. The standard InChI is InChI=1S/C23H26O5/c1-3-14-23(22(24)25-2)21(27-16-19-12-8-5-9-13-19)20(17-28-23)26-15-18-10-6-4-7-11-18/h3-13,20-21H,1,14-17H2,2H3/t20-,21+,23-/m1/s1. The second-order valence-electron chi connectivity index (χ2n) is 6.74. The summed E-state index contributed by atoms with van der Waals surface area (Å²) in [5.41, 5.74) is 0.796. The Labute approximate surface area is 165 Å². The van der Waals surface area contributed by atoms with Crippen LogP contribution in [-0.4, -0.2) is 37.5 Å². The fourth-order valence-corrected chi connectivity index (χ4v) is 3.44. The van der Waals surface area contributed by atoms with Crippen molar-refractivity contribution in [1.82, 2.24) is 0 Å². The van der Waals surface area contributed by atoms with Gasteiger partial charge in [0.05, 0.1) is 26.9 Å². The maximum absolute atomic E-state index is 12.6. The molecule has 28 heavy (non-hydrogen) atoms. The molecule has 0 unspecified atom stereocenters. The highest BCUT2D eigenvalue weighted by Crippen LogP contribution is 2.36. The van der Waals surface area contributed by atoms with E-state index in [2.05, 4.69) is 6.58 Å². The summed E-state index contributed by atoms with van der Waals surface area (Å²) in [6.45, 7) is 4.77. The number of esters is 1. The SMILES string of the molecule is C=CC[C@@]1(C(=O)OC)OC[C@@H](OCc2ccccc2)[C@@H]1OCc1ccccc1. The van der Waals surface area contributed by atoms with Gasteiger partial charge >= 0.3 is 5.97 Å². The quantitative estimate of drug-likeness (QED) is 0.489. The van der Waals surface area contributed by atoms with Gasteiger partial charge in [0.2, 0.25) is 0 Å². The smallest absolute Gasteiger partial charge is 0.341 e.